The van der Waals surface area contributed by atoms with Crippen molar-refractivity contribution in [2.45, 2.75) is 6.42 Å². The van der Waals surface area contributed by atoms with E-state index in [1.165, 1.54) is 0 Å². The van der Waals surface area contributed by atoms with E-state index in [-0.39, 0.29) is 0 Å². The van der Waals surface area contributed by atoms with Crippen LogP contribution in [0.3, 0.4) is 0 Å². The first-order valence-corrected chi connectivity index (χ1v) is 7.53. The summed E-state index contributed by atoms with van der Waals surface area (Å²) < 4.78 is 10.2. The molecule has 0 aliphatic rings. The third-order valence-electron chi connectivity index (χ3n) is 3.29. The maximum absolute atomic E-state index is 6.19. The summed E-state index contributed by atoms with van der Waals surface area (Å²) >= 11 is 6.19. The van der Waals surface area contributed by atoms with Gasteiger partial charge in [0.05, 0.1) is 14.2 Å². The number of nitrogens with two attached hydrogens (primary N) is 1. The Morgan fingerprint density at radius 2 is 1.74 bits per heavy atom. The van der Waals surface area contributed by atoms with Crippen LogP contribution in [0.1, 0.15) is 5.56 Å². The average molecular weight is 334 g/mol. The second-order valence-electron chi connectivity index (χ2n) is 4.83. The zero-order valence-electron chi connectivity index (χ0n) is 13.2. The summed E-state index contributed by atoms with van der Waals surface area (Å²) in [6, 6.07) is 13.1. The molecule has 0 spiro atoms. The molecular formula is C17H20ClN3O2. The lowest BCUT2D eigenvalue weighted by Crippen LogP contribution is -2.23. The van der Waals surface area contributed by atoms with Crippen molar-refractivity contribution in [2.24, 2.45) is 10.7 Å². The first-order chi connectivity index (χ1) is 11.1. The van der Waals surface area contributed by atoms with Gasteiger partial charge in [-0.25, -0.2) is 0 Å². The molecule has 0 aromatic heterocycles. The molecule has 2 aromatic carbocycles. The molecule has 6 heteroatoms. The van der Waals surface area contributed by atoms with Gasteiger partial charge in [0.25, 0.3) is 0 Å². The lowest BCUT2D eigenvalue weighted by Gasteiger charge is -2.08. The number of guanidine groups is 1. The fourth-order valence-corrected chi connectivity index (χ4v) is 2.28. The molecule has 5 nitrogen and oxygen atoms in total. The molecule has 0 heterocycles. The summed E-state index contributed by atoms with van der Waals surface area (Å²) in [4.78, 5) is 4.30. The summed E-state index contributed by atoms with van der Waals surface area (Å²) in [7, 11) is 3.24. The van der Waals surface area contributed by atoms with Crippen molar-refractivity contribution < 1.29 is 9.47 Å². The fraction of sp³-hybridized carbons (Fsp3) is 0.235. The zero-order valence-corrected chi connectivity index (χ0v) is 13.9. The first-order valence-electron chi connectivity index (χ1n) is 7.16. The SMILES string of the molecule is COc1ccc(NC(N)=NCCc2ccc(OC)cc2Cl)cc1. The van der Waals surface area contributed by atoms with Crippen LogP contribution in [0.25, 0.3) is 0 Å². The Labute approximate surface area is 141 Å². The van der Waals surface area contributed by atoms with Gasteiger partial charge in [-0.15, -0.1) is 0 Å². The summed E-state index contributed by atoms with van der Waals surface area (Å²) in [5.74, 6) is 1.89. The second-order valence-corrected chi connectivity index (χ2v) is 5.24. The van der Waals surface area contributed by atoms with E-state index in [1.807, 2.05) is 36.4 Å². The number of hydrogen-bond donors (Lipinski definition) is 2. The number of hydrogen-bond acceptors (Lipinski definition) is 3. The smallest absolute Gasteiger partial charge is 0.193 e. The highest BCUT2D eigenvalue weighted by Crippen LogP contribution is 2.22. The number of benzene rings is 2. The van der Waals surface area contributed by atoms with Crippen molar-refractivity contribution >= 4 is 23.2 Å². The van der Waals surface area contributed by atoms with E-state index in [0.717, 1.165) is 22.7 Å². The second kappa shape index (κ2) is 8.29. The number of ether oxygens (including phenoxy) is 2. The molecule has 122 valence electrons. The van der Waals surface area contributed by atoms with Crippen LogP contribution in [0.5, 0.6) is 11.5 Å². The highest BCUT2D eigenvalue weighted by molar-refractivity contribution is 6.31. The van der Waals surface area contributed by atoms with Gasteiger partial charge in [-0.1, -0.05) is 17.7 Å². The number of methoxy groups -OCH3 is 2. The number of aliphatic imine (C=N–C) groups is 1. The molecule has 0 aliphatic carbocycles. The number of anilines is 1. The Hall–Kier alpha value is -2.40. The Morgan fingerprint density at radius 3 is 2.35 bits per heavy atom. The van der Waals surface area contributed by atoms with Crippen molar-refractivity contribution in [3.05, 3.63) is 53.1 Å². The predicted molar refractivity (Wildman–Crippen MR) is 94.8 cm³/mol. The standard InChI is InChI=1S/C17H20ClN3O2/c1-22-14-7-4-13(5-8-14)21-17(19)20-10-9-12-3-6-15(23-2)11-16(12)18/h3-8,11H,9-10H2,1-2H3,(H3,19,20,21). The number of rotatable bonds is 6. The molecule has 0 saturated heterocycles. The largest absolute Gasteiger partial charge is 0.497 e. The van der Waals surface area contributed by atoms with E-state index < -0.39 is 0 Å². The van der Waals surface area contributed by atoms with Gasteiger partial charge in [-0.2, -0.15) is 0 Å². The van der Waals surface area contributed by atoms with Crippen LogP contribution in [0, 0.1) is 0 Å². The van der Waals surface area contributed by atoms with Crippen LogP contribution in [0.2, 0.25) is 5.02 Å². The maximum atomic E-state index is 6.19. The van der Waals surface area contributed by atoms with Gasteiger partial charge in [-0.3, -0.25) is 4.99 Å². The Morgan fingerprint density at radius 1 is 1.09 bits per heavy atom. The predicted octanol–water partition coefficient (Wildman–Crippen LogP) is 3.33. The molecule has 0 saturated carbocycles. The van der Waals surface area contributed by atoms with E-state index in [4.69, 9.17) is 26.8 Å². The third kappa shape index (κ3) is 5.07. The van der Waals surface area contributed by atoms with Crippen LogP contribution in [-0.2, 0) is 6.42 Å². The maximum Gasteiger partial charge on any atom is 0.193 e. The molecule has 2 rings (SSSR count). The monoisotopic (exact) mass is 333 g/mol. The van der Waals surface area contributed by atoms with Crippen molar-refractivity contribution in [3.8, 4) is 11.5 Å². The molecule has 0 aliphatic heterocycles. The minimum Gasteiger partial charge on any atom is -0.497 e. The Kier molecular flexibility index (Phi) is 6.11. The summed E-state index contributed by atoms with van der Waals surface area (Å²) in [5.41, 5.74) is 7.74. The van der Waals surface area contributed by atoms with Gasteiger partial charge in [0.2, 0.25) is 0 Å². The highest BCUT2D eigenvalue weighted by atomic mass is 35.5. The molecule has 23 heavy (non-hydrogen) atoms. The summed E-state index contributed by atoms with van der Waals surface area (Å²) in [6.07, 6.45) is 0.702. The third-order valence-corrected chi connectivity index (χ3v) is 3.64. The van der Waals surface area contributed by atoms with Crippen molar-refractivity contribution in [1.82, 2.24) is 0 Å². The van der Waals surface area contributed by atoms with Gasteiger partial charge in [-0.05, 0) is 48.4 Å². The van der Waals surface area contributed by atoms with Crippen molar-refractivity contribution in [3.63, 3.8) is 0 Å². The van der Waals surface area contributed by atoms with E-state index in [1.54, 1.807) is 20.3 Å². The fourth-order valence-electron chi connectivity index (χ4n) is 2.02. The number of nitrogens with zero attached hydrogens (tertiary/aromatic N) is 1. The first kappa shape index (κ1) is 17.0. The molecule has 0 bridgehead atoms. The molecule has 0 atom stereocenters. The van der Waals surface area contributed by atoms with Crippen LogP contribution in [-0.4, -0.2) is 26.7 Å². The van der Waals surface area contributed by atoms with Gasteiger partial charge in [0.15, 0.2) is 5.96 Å². The van der Waals surface area contributed by atoms with E-state index in [0.29, 0.717) is 23.9 Å². The van der Waals surface area contributed by atoms with Crippen LogP contribution >= 0.6 is 11.6 Å². The Bertz CT molecular complexity index is 672. The normalized spacial score (nSPS) is 11.2. The molecule has 3 N–H and O–H groups in total. The van der Waals surface area contributed by atoms with Gasteiger partial charge in [0.1, 0.15) is 11.5 Å². The molecule has 0 amide bonds. The van der Waals surface area contributed by atoms with E-state index in [9.17, 15) is 0 Å². The topological polar surface area (TPSA) is 68.9 Å². The molecule has 0 unspecified atom stereocenters. The van der Waals surface area contributed by atoms with Crippen LogP contribution in [0.4, 0.5) is 5.69 Å². The van der Waals surface area contributed by atoms with Crippen molar-refractivity contribution in [2.75, 3.05) is 26.1 Å². The average Bonchev–Trinajstić information content (AvgIpc) is 2.57. The molecule has 0 radical (unpaired) electrons. The van der Waals surface area contributed by atoms with E-state index >= 15 is 0 Å². The quantitative estimate of drug-likeness (QED) is 0.628. The number of halogens is 1. The van der Waals surface area contributed by atoms with Gasteiger partial charge in [0, 0.05) is 17.3 Å². The Balaban J connectivity index is 1.89. The lowest BCUT2D eigenvalue weighted by molar-refractivity contribution is 0.414. The van der Waals surface area contributed by atoms with Gasteiger partial charge >= 0.3 is 0 Å². The summed E-state index contributed by atoms with van der Waals surface area (Å²) in [6.45, 7) is 0.543. The zero-order chi connectivity index (χ0) is 16.7. The molecular weight excluding hydrogens is 314 g/mol. The number of nitrogens with one attached hydrogen (secondary N) is 1. The minimum atomic E-state index is 0.361. The van der Waals surface area contributed by atoms with Gasteiger partial charge < -0.3 is 20.5 Å². The minimum absolute atomic E-state index is 0.361. The van der Waals surface area contributed by atoms with Crippen molar-refractivity contribution in [1.29, 1.82) is 0 Å². The summed E-state index contributed by atoms with van der Waals surface area (Å²) in [5, 5.41) is 3.70. The van der Waals surface area contributed by atoms with Crippen LogP contribution in [0.15, 0.2) is 47.5 Å². The van der Waals surface area contributed by atoms with E-state index in [2.05, 4.69) is 10.3 Å². The highest BCUT2D eigenvalue weighted by Gasteiger charge is 2.02. The van der Waals surface area contributed by atoms with Crippen LogP contribution < -0.4 is 20.5 Å². The molecule has 2 aromatic rings. The lowest BCUT2D eigenvalue weighted by atomic mass is 10.1. The molecule has 0 fully saturated rings.